The van der Waals surface area contributed by atoms with Gasteiger partial charge in [-0.25, -0.2) is 0 Å². The van der Waals surface area contributed by atoms with Crippen LogP contribution in [0.25, 0.3) is 0 Å². The van der Waals surface area contributed by atoms with Gasteiger partial charge in [-0.15, -0.1) is 0 Å². The molecule has 0 saturated heterocycles. The normalized spacial score (nSPS) is 12.8. The molecule has 0 N–H and O–H groups in total. The van der Waals surface area contributed by atoms with E-state index in [4.69, 9.17) is 11.6 Å². The van der Waals surface area contributed by atoms with Crippen LogP contribution in [0.4, 0.5) is 0 Å². The summed E-state index contributed by atoms with van der Waals surface area (Å²) in [6, 6.07) is 4.34. The predicted molar refractivity (Wildman–Crippen MR) is 75.4 cm³/mol. The van der Waals surface area contributed by atoms with Crippen molar-refractivity contribution in [1.29, 1.82) is 0 Å². The standard InChI is InChI=1S/C4H2ClS.C4H9.C4H8.Sn/c5-4-2-1-3-6-4;2*1-3-4-2;/h1-2H;1,3-4H2,2H3;3H2,1-2H3;. The molecule has 1 aromatic heterocycles. The van der Waals surface area contributed by atoms with Gasteiger partial charge in [0.05, 0.1) is 0 Å². The molecule has 0 nitrogen and oxygen atoms in total. The van der Waals surface area contributed by atoms with Crippen molar-refractivity contribution >= 4 is 48.6 Å². The molecular formula is C12H19ClSSn. The Balaban J connectivity index is 2.91. The van der Waals surface area contributed by atoms with E-state index in [9.17, 15) is 0 Å². The number of thiophene rings is 1. The van der Waals surface area contributed by atoms with Gasteiger partial charge < -0.3 is 0 Å². The summed E-state index contributed by atoms with van der Waals surface area (Å²) < 4.78 is 5.85. The molecule has 1 aromatic rings. The molecule has 84 valence electrons. The Morgan fingerprint density at radius 3 is 2.60 bits per heavy atom. The van der Waals surface area contributed by atoms with Crippen LogP contribution in [-0.4, -0.2) is 22.8 Å². The van der Waals surface area contributed by atoms with Crippen molar-refractivity contribution in [1.82, 2.24) is 0 Å². The second-order valence-corrected chi connectivity index (χ2v) is 14.7. The van der Waals surface area contributed by atoms with E-state index >= 15 is 0 Å². The molecule has 0 aliphatic rings. The Labute approximate surface area is 109 Å². The average molecular weight is 350 g/mol. The molecule has 0 aliphatic carbocycles. The van der Waals surface area contributed by atoms with Gasteiger partial charge in [0.1, 0.15) is 0 Å². The van der Waals surface area contributed by atoms with Crippen molar-refractivity contribution < 1.29 is 0 Å². The van der Waals surface area contributed by atoms with Crippen molar-refractivity contribution in [2.75, 3.05) is 0 Å². The average Bonchev–Trinajstić information content (AvgIpc) is 2.65. The van der Waals surface area contributed by atoms with Crippen LogP contribution < -0.4 is 2.89 Å². The number of unbranched alkanes of at least 4 members (excludes halogenated alkanes) is 1. The van der Waals surface area contributed by atoms with Crippen molar-refractivity contribution in [3.05, 3.63) is 16.5 Å². The molecule has 0 aliphatic heterocycles. The molecule has 0 saturated carbocycles. The fourth-order valence-electron chi connectivity index (χ4n) is 1.59. The van der Waals surface area contributed by atoms with Crippen LogP contribution >= 0.6 is 22.9 Å². The maximum absolute atomic E-state index is 6.03. The van der Waals surface area contributed by atoms with E-state index in [-0.39, 0.29) is 0 Å². The fraction of sp³-hybridized carbons (Fsp3) is 0.583. The first-order valence-electron chi connectivity index (χ1n) is 5.63. The Bertz CT molecular complexity index is 341. The minimum atomic E-state index is -1.44. The van der Waals surface area contributed by atoms with Gasteiger partial charge in [-0.05, 0) is 0 Å². The van der Waals surface area contributed by atoms with Gasteiger partial charge >= 0.3 is 110 Å². The zero-order chi connectivity index (χ0) is 11.3. The molecule has 0 spiro atoms. The van der Waals surface area contributed by atoms with Crippen molar-refractivity contribution in [2.24, 2.45) is 0 Å². The molecule has 15 heavy (non-hydrogen) atoms. The van der Waals surface area contributed by atoms with Crippen molar-refractivity contribution in [3.63, 3.8) is 0 Å². The number of hydrogen-bond acceptors (Lipinski definition) is 1. The summed E-state index contributed by atoms with van der Waals surface area (Å²) in [5.74, 6) is 0. The summed E-state index contributed by atoms with van der Waals surface area (Å²) in [7, 11) is 0. The van der Waals surface area contributed by atoms with Gasteiger partial charge in [-0.3, -0.25) is 0 Å². The van der Waals surface area contributed by atoms with Crippen LogP contribution in [0.1, 0.15) is 40.0 Å². The molecule has 1 heterocycles. The Hall–Kier alpha value is 0.659. The van der Waals surface area contributed by atoms with Gasteiger partial charge in [0, 0.05) is 0 Å². The SMILES string of the molecule is CCC[CH2][Sn](=[C](C)CC)[c]1ccc(Cl)s1. The van der Waals surface area contributed by atoms with E-state index in [0.29, 0.717) is 0 Å². The van der Waals surface area contributed by atoms with Crippen LogP contribution in [0.5, 0.6) is 0 Å². The van der Waals surface area contributed by atoms with E-state index < -0.39 is 19.3 Å². The first-order valence-corrected chi connectivity index (χ1v) is 11.7. The van der Waals surface area contributed by atoms with Crippen LogP contribution in [0, 0.1) is 0 Å². The quantitative estimate of drug-likeness (QED) is 0.703. The number of rotatable bonds is 5. The second-order valence-electron chi connectivity index (χ2n) is 3.82. The van der Waals surface area contributed by atoms with E-state index in [1.165, 1.54) is 23.7 Å². The predicted octanol–water partition coefficient (Wildman–Crippen LogP) is 4.09. The van der Waals surface area contributed by atoms with Gasteiger partial charge in [0.25, 0.3) is 0 Å². The zero-order valence-corrected chi connectivity index (χ0v) is 14.2. The molecule has 0 amide bonds. The van der Waals surface area contributed by atoms with Crippen LogP contribution in [0.3, 0.4) is 0 Å². The third kappa shape index (κ3) is 4.20. The van der Waals surface area contributed by atoms with Crippen molar-refractivity contribution in [3.8, 4) is 0 Å². The monoisotopic (exact) mass is 350 g/mol. The van der Waals surface area contributed by atoms with Gasteiger partial charge in [-0.1, -0.05) is 0 Å². The first kappa shape index (κ1) is 13.7. The third-order valence-corrected chi connectivity index (χ3v) is 14.8. The second kappa shape index (κ2) is 7.08. The molecule has 0 aromatic carbocycles. The maximum atomic E-state index is 6.03. The molecule has 0 unspecified atom stereocenters. The van der Waals surface area contributed by atoms with Gasteiger partial charge in [-0.2, -0.15) is 0 Å². The molecule has 1 rings (SSSR count). The minimum absolute atomic E-state index is 0.962. The Kier molecular flexibility index (Phi) is 6.47. The molecule has 3 heteroatoms. The van der Waals surface area contributed by atoms with E-state index in [1.54, 1.807) is 6.41 Å². The summed E-state index contributed by atoms with van der Waals surface area (Å²) in [5, 5.41) is 0. The summed E-state index contributed by atoms with van der Waals surface area (Å²) >= 11 is 6.41. The summed E-state index contributed by atoms with van der Waals surface area (Å²) in [6.45, 7) is 6.93. The molecule has 0 radical (unpaired) electrons. The number of halogens is 1. The summed E-state index contributed by atoms with van der Waals surface area (Å²) in [4.78, 5) is 0. The van der Waals surface area contributed by atoms with Gasteiger partial charge in [0.15, 0.2) is 0 Å². The fourth-order valence-corrected chi connectivity index (χ4v) is 14.1. The molecule has 0 atom stereocenters. The van der Waals surface area contributed by atoms with E-state index in [2.05, 4.69) is 32.9 Å². The first-order chi connectivity index (χ1) is 7.19. The molecular weight excluding hydrogens is 330 g/mol. The van der Waals surface area contributed by atoms with Crippen LogP contribution in [-0.2, 0) is 0 Å². The van der Waals surface area contributed by atoms with Crippen LogP contribution in [0.15, 0.2) is 12.1 Å². The van der Waals surface area contributed by atoms with Crippen molar-refractivity contribution in [2.45, 2.75) is 44.5 Å². The molecule has 0 fully saturated rings. The number of hydrogen-bond donors (Lipinski definition) is 0. The topological polar surface area (TPSA) is 0 Å². The van der Waals surface area contributed by atoms with E-state index in [0.717, 1.165) is 4.34 Å². The Morgan fingerprint density at radius 1 is 1.40 bits per heavy atom. The summed E-state index contributed by atoms with van der Waals surface area (Å²) in [5.41, 5.74) is 0. The van der Waals surface area contributed by atoms with Crippen LogP contribution in [0.2, 0.25) is 8.77 Å². The zero-order valence-electron chi connectivity index (χ0n) is 9.77. The Morgan fingerprint density at radius 2 is 2.13 bits per heavy atom. The van der Waals surface area contributed by atoms with E-state index in [1.807, 2.05) is 11.3 Å². The molecule has 0 bridgehead atoms. The van der Waals surface area contributed by atoms with Gasteiger partial charge in [0.2, 0.25) is 0 Å². The third-order valence-electron chi connectivity index (χ3n) is 2.70. The summed E-state index contributed by atoms with van der Waals surface area (Å²) in [6.07, 6.45) is 3.97.